The highest BCUT2D eigenvalue weighted by Crippen LogP contribution is 2.34. The normalized spacial score (nSPS) is 13.1. The van der Waals surface area contributed by atoms with Crippen molar-refractivity contribution in [2.75, 3.05) is 6.61 Å². The third-order valence-corrected chi connectivity index (χ3v) is 5.30. The minimum atomic E-state index is -0.306. The molecule has 0 aliphatic heterocycles. The summed E-state index contributed by atoms with van der Waals surface area (Å²) in [7, 11) is 0. The van der Waals surface area contributed by atoms with E-state index in [2.05, 4.69) is 5.32 Å². The lowest BCUT2D eigenvalue weighted by molar-refractivity contribution is 0.0946. The van der Waals surface area contributed by atoms with Crippen molar-refractivity contribution in [1.29, 1.82) is 0 Å². The average Bonchev–Trinajstić information content (AvgIpc) is 3.58. The van der Waals surface area contributed by atoms with Gasteiger partial charge in [0.15, 0.2) is 0 Å². The molecule has 2 N–H and O–H groups in total. The van der Waals surface area contributed by atoms with Crippen LogP contribution in [0.25, 0.3) is 11.1 Å². The van der Waals surface area contributed by atoms with E-state index in [0.29, 0.717) is 40.5 Å². The van der Waals surface area contributed by atoms with Crippen LogP contribution in [0.15, 0.2) is 60.7 Å². The average molecular weight is 405 g/mol. The zero-order valence-corrected chi connectivity index (χ0v) is 16.8. The van der Waals surface area contributed by atoms with Crippen molar-refractivity contribution >= 4 is 5.91 Å². The maximum Gasteiger partial charge on any atom is 0.255 e. The van der Waals surface area contributed by atoms with Crippen LogP contribution in [-0.2, 0) is 6.54 Å². The number of hydrogen-bond acceptors (Lipinski definition) is 3. The molecule has 4 rings (SSSR count). The van der Waals surface area contributed by atoms with Crippen molar-refractivity contribution < 1.29 is 19.0 Å². The number of benzene rings is 3. The summed E-state index contributed by atoms with van der Waals surface area (Å²) in [5.41, 5.74) is 3.00. The lowest BCUT2D eigenvalue weighted by Crippen LogP contribution is -2.24. The molecule has 0 saturated heterocycles. The summed E-state index contributed by atoms with van der Waals surface area (Å²) in [6, 6.07) is 17.2. The quantitative estimate of drug-likeness (QED) is 0.566. The Labute approximate surface area is 175 Å². The van der Waals surface area contributed by atoms with Crippen LogP contribution in [-0.4, -0.2) is 17.6 Å². The Morgan fingerprint density at radius 1 is 1.13 bits per heavy atom. The minimum absolute atomic E-state index is 0.144. The summed E-state index contributed by atoms with van der Waals surface area (Å²) in [5, 5.41) is 13.0. The first-order valence-corrected chi connectivity index (χ1v) is 10.1. The Bertz CT molecular complexity index is 1080. The summed E-state index contributed by atoms with van der Waals surface area (Å²) < 4.78 is 19.7. The van der Waals surface area contributed by atoms with Gasteiger partial charge in [0.05, 0.1) is 12.2 Å². The first-order valence-electron chi connectivity index (χ1n) is 10.1. The summed E-state index contributed by atoms with van der Waals surface area (Å²) in [4.78, 5) is 13.0. The Morgan fingerprint density at radius 3 is 2.67 bits per heavy atom. The highest BCUT2D eigenvalue weighted by Gasteiger charge is 2.23. The molecule has 0 bridgehead atoms. The molecule has 0 heterocycles. The molecule has 3 aromatic rings. The Hall–Kier alpha value is -3.34. The number of phenolic OH excluding ortho intramolecular Hbond substituents is 1. The number of ether oxygens (including phenoxy) is 1. The molecule has 5 heteroatoms. The molecule has 1 fully saturated rings. The first-order chi connectivity index (χ1) is 14.5. The van der Waals surface area contributed by atoms with Gasteiger partial charge in [0.2, 0.25) is 0 Å². The fourth-order valence-electron chi connectivity index (χ4n) is 3.23. The van der Waals surface area contributed by atoms with Gasteiger partial charge in [-0.2, -0.15) is 0 Å². The number of carbonyl (C=O) groups is 1. The molecule has 30 heavy (non-hydrogen) atoms. The van der Waals surface area contributed by atoms with E-state index in [-0.39, 0.29) is 24.0 Å². The first kappa shape index (κ1) is 20.0. The SMILES string of the molecule is Cc1ccc(CNC(=O)c2cc(-c3ccccc3O)ccc2OCC2CC2)cc1F. The van der Waals surface area contributed by atoms with E-state index in [9.17, 15) is 14.3 Å². The second kappa shape index (κ2) is 8.57. The highest BCUT2D eigenvalue weighted by atomic mass is 19.1. The molecule has 0 aromatic heterocycles. The zero-order chi connectivity index (χ0) is 21.1. The summed E-state index contributed by atoms with van der Waals surface area (Å²) in [5.74, 6) is 0.601. The third kappa shape index (κ3) is 4.62. The number of para-hydroxylation sites is 1. The topological polar surface area (TPSA) is 58.6 Å². The number of halogens is 1. The molecule has 0 atom stereocenters. The number of aryl methyl sites for hydroxylation is 1. The van der Waals surface area contributed by atoms with E-state index >= 15 is 0 Å². The van der Waals surface area contributed by atoms with E-state index in [1.54, 1.807) is 49.4 Å². The fraction of sp³-hybridized carbons (Fsp3) is 0.240. The van der Waals surface area contributed by atoms with Crippen LogP contribution in [0.5, 0.6) is 11.5 Å². The molecule has 1 amide bonds. The van der Waals surface area contributed by atoms with Crippen LogP contribution in [0.2, 0.25) is 0 Å². The fourth-order valence-corrected chi connectivity index (χ4v) is 3.23. The molecule has 1 saturated carbocycles. The van der Waals surface area contributed by atoms with Crippen molar-refractivity contribution in [3.8, 4) is 22.6 Å². The van der Waals surface area contributed by atoms with E-state index in [1.807, 2.05) is 12.1 Å². The standard InChI is InChI=1S/C25H24FNO3/c1-16-6-7-18(12-22(16)26)14-27-25(29)21-13-19(20-4-2-3-5-23(20)28)10-11-24(21)30-15-17-8-9-17/h2-7,10-13,17,28H,8-9,14-15H2,1H3,(H,27,29). The molecule has 154 valence electrons. The van der Waals surface area contributed by atoms with Crippen molar-refractivity contribution in [2.24, 2.45) is 5.92 Å². The van der Waals surface area contributed by atoms with E-state index in [0.717, 1.165) is 18.4 Å². The van der Waals surface area contributed by atoms with Crippen LogP contribution >= 0.6 is 0 Å². The molecule has 0 spiro atoms. The molecule has 1 aliphatic rings. The van der Waals surface area contributed by atoms with E-state index in [4.69, 9.17) is 4.74 Å². The van der Waals surface area contributed by atoms with Gasteiger partial charge in [-0.3, -0.25) is 4.79 Å². The van der Waals surface area contributed by atoms with Crippen LogP contribution in [0.4, 0.5) is 4.39 Å². The Morgan fingerprint density at radius 2 is 1.93 bits per heavy atom. The monoisotopic (exact) mass is 405 g/mol. The highest BCUT2D eigenvalue weighted by molar-refractivity contribution is 5.98. The number of amides is 1. The number of hydrogen-bond donors (Lipinski definition) is 2. The second-order valence-electron chi connectivity index (χ2n) is 7.75. The van der Waals surface area contributed by atoms with Gasteiger partial charge in [0.25, 0.3) is 5.91 Å². The van der Waals surface area contributed by atoms with Crippen molar-refractivity contribution in [3.05, 3.63) is 83.2 Å². The Balaban J connectivity index is 1.58. The Kier molecular flexibility index (Phi) is 5.70. The van der Waals surface area contributed by atoms with Gasteiger partial charge in [-0.05, 0) is 66.6 Å². The van der Waals surface area contributed by atoms with Gasteiger partial charge < -0.3 is 15.2 Å². The van der Waals surface area contributed by atoms with Crippen molar-refractivity contribution in [1.82, 2.24) is 5.32 Å². The molecule has 0 unspecified atom stereocenters. The van der Waals surface area contributed by atoms with Gasteiger partial charge >= 0.3 is 0 Å². The van der Waals surface area contributed by atoms with Gasteiger partial charge in [-0.15, -0.1) is 0 Å². The van der Waals surface area contributed by atoms with Gasteiger partial charge in [-0.1, -0.05) is 36.4 Å². The maximum atomic E-state index is 13.8. The predicted molar refractivity (Wildman–Crippen MR) is 114 cm³/mol. The summed E-state index contributed by atoms with van der Waals surface area (Å²) in [6.07, 6.45) is 2.30. The number of phenols is 1. The van der Waals surface area contributed by atoms with Crippen LogP contribution in [0.1, 0.15) is 34.3 Å². The maximum absolute atomic E-state index is 13.8. The van der Waals surface area contributed by atoms with E-state index in [1.165, 1.54) is 6.07 Å². The number of aromatic hydroxyl groups is 1. The van der Waals surface area contributed by atoms with Crippen LogP contribution in [0.3, 0.4) is 0 Å². The molecular formula is C25H24FNO3. The zero-order valence-electron chi connectivity index (χ0n) is 16.8. The molecular weight excluding hydrogens is 381 g/mol. The lowest BCUT2D eigenvalue weighted by Gasteiger charge is -2.14. The molecule has 1 aliphatic carbocycles. The van der Waals surface area contributed by atoms with Gasteiger partial charge in [0.1, 0.15) is 17.3 Å². The summed E-state index contributed by atoms with van der Waals surface area (Å²) in [6.45, 7) is 2.49. The number of carbonyl (C=O) groups excluding carboxylic acids is 1. The third-order valence-electron chi connectivity index (χ3n) is 5.30. The summed E-state index contributed by atoms with van der Waals surface area (Å²) >= 11 is 0. The predicted octanol–water partition coefficient (Wildman–Crippen LogP) is 5.23. The lowest BCUT2D eigenvalue weighted by atomic mass is 10.0. The number of rotatable bonds is 7. The van der Waals surface area contributed by atoms with Gasteiger partial charge in [-0.25, -0.2) is 4.39 Å². The van der Waals surface area contributed by atoms with E-state index < -0.39 is 0 Å². The van der Waals surface area contributed by atoms with Crippen LogP contribution in [0, 0.1) is 18.7 Å². The second-order valence-corrected chi connectivity index (χ2v) is 7.75. The molecule has 4 nitrogen and oxygen atoms in total. The van der Waals surface area contributed by atoms with Crippen molar-refractivity contribution in [2.45, 2.75) is 26.3 Å². The van der Waals surface area contributed by atoms with Crippen molar-refractivity contribution in [3.63, 3.8) is 0 Å². The minimum Gasteiger partial charge on any atom is -0.507 e. The smallest absolute Gasteiger partial charge is 0.255 e. The molecule has 3 aromatic carbocycles. The molecule has 0 radical (unpaired) electrons. The van der Waals surface area contributed by atoms with Gasteiger partial charge in [0, 0.05) is 12.1 Å². The number of nitrogens with one attached hydrogen (secondary N) is 1. The largest absolute Gasteiger partial charge is 0.507 e. The van der Waals surface area contributed by atoms with Crippen LogP contribution < -0.4 is 10.1 Å².